The van der Waals surface area contributed by atoms with Crippen LogP contribution in [0.25, 0.3) is 0 Å². The van der Waals surface area contributed by atoms with Crippen LogP contribution in [0.5, 0.6) is 0 Å². The first kappa shape index (κ1) is 18.8. The molecule has 1 aromatic carbocycles. The maximum Gasteiger partial charge on any atom is 0.408 e. The van der Waals surface area contributed by atoms with Crippen LogP contribution in [0.2, 0.25) is 10.0 Å². The van der Waals surface area contributed by atoms with E-state index < -0.39 is 17.7 Å². The maximum absolute atomic E-state index is 12.0. The molecule has 0 aliphatic heterocycles. The Hall–Kier alpha value is -1.26. The van der Waals surface area contributed by atoms with Gasteiger partial charge in [-0.25, -0.2) is 4.79 Å². The number of hydrogen-bond donors (Lipinski definition) is 1. The third kappa shape index (κ3) is 6.67. The van der Waals surface area contributed by atoms with E-state index in [0.29, 0.717) is 22.9 Å². The molecule has 0 aliphatic carbocycles. The molecule has 122 valence electrons. The van der Waals surface area contributed by atoms with Crippen molar-refractivity contribution in [2.45, 2.75) is 52.2 Å². The van der Waals surface area contributed by atoms with Gasteiger partial charge in [0.05, 0.1) is 16.1 Å². The molecule has 1 rings (SSSR count). The van der Waals surface area contributed by atoms with Gasteiger partial charge in [-0.2, -0.15) is 0 Å². The first-order valence-corrected chi connectivity index (χ1v) is 7.80. The van der Waals surface area contributed by atoms with Gasteiger partial charge in [-0.05, 0) is 51.8 Å². The van der Waals surface area contributed by atoms with E-state index in [-0.39, 0.29) is 5.78 Å². The normalized spacial score (nSPS) is 12.6. The van der Waals surface area contributed by atoms with E-state index >= 15 is 0 Å². The number of carbonyl (C=O) groups excluding carboxylic acids is 2. The SMILES string of the molecule is CC(NC(=O)OC(C)(C)C)C(=O)CCc1ccc(Cl)c(Cl)c1. The molecule has 0 spiro atoms. The number of ether oxygens (including phenoxy) is 1. The second-order valence-corrected chi connectivity index (χ2v) is 6.90. The van der Waals surface area contributed by atoms with Crippen LogP contribution in [-0.2, 0) is 16.0 Å². The zero-order chi connectivity index (χ0) is 16.9. The van der Waals surface area contributed by atoms with Gasteiger partial charge in [0.15, 0.2) is 5.78 Å². The summed E-state index contributed by atoms with van der Waals surface area (Å²) in [4.78, 5) is 23.7. The van der Waals surface area contributed by atoms with E-state index in [9.17, 15) is 9.59 Å². The summed E-state index contributed by atoms with van der Waals surface area (Å²) in [7, 11) is 0. The van der Waals surface area contributed by atoms with Crippen LogP contribution >= 0.6 is 23.2 Å². The number of hydrogen-bond acceptors (Lipinski definition) is 3. The minimum Gasteiger partial charge on any atom is -0.444 e. The van der Waals surface area contributed by atoms with Crippen LogP contribution in [0.3, 0.4) is 0 Å². The van der Waals surface area contributed by atoms with Crippen molar-refractivity contribution >= 4 is 35.1 Å². The third-order valence-corrected chi connectivity index (χ3v) is 3.60. The molecule has 1 amide bonds. The van der Waals surface area contributed by atoms with Crippen LogP contribution in [-0.4, -0.2) is 23.5 Å². The fourth-order valence-corrected chi connectivity index (χ4v) is 2.06. The molecule has 0 radical (unpaired) electrons. The molecule has 0 saturated heterocycles. The molecule has 0 aliphatic rings. The zero-order valence-electron chi connectivity index (χ0n) is 13.2. The molecule has 1 N–H and O–H groups in total. The summed E-state index contributed by atoms with van der Waals surface area (Å²) in [5.74, 6) is -0.0723. The van der Waals surface area contributed by atoms with Crippen molar-refractivity contribution in [2.75, 3.05) is 0 Å². The molecule has 1 unspecified atom stereocenters. The molecule has 0 saturated carbocycles. The quantitative estimate of drug-likeness (QED) is 0.859. The van der Waals surface area contributed by atoms with Gasteiger partial charge in [0.1, 0.15) is 5.60 Å². The van der Waals surface area contributed by atoms with Gasteiger partial charge in [0.25, 0.3) is 0 Å². The Labute approximate surface area is 141 Å². The Bertz CT molecular complexity index is 553. The fraction of sp³-hybridized carbons (Fsp3) is 0.500. The number of carbonyl (C=O) groups is 2. The van der Waals surface area contributed by atoms with Gasteiger partial charge in [-0.15, -0.1) is 0 Å². The highest BCUT2D eigenvalue weighted by atomic mass is 35.5. The molecule has 22 heavy (non-hydrogen) atoms. The lowest BCUT2D eigenvalue weighted by molar-refractivity contribution is -0.120. The molecule has 0 aromatic heterocycles. The Kier molecular flexibility index (Phi) is 6.69. The Morgan fingerprint density at radius 2 is 1.86 bits per heavy atom. The van der Waals surface area contributed by atoms with Crippen molar-refractivity contribution in [3.8, 4) is 0 Å². The van der Waals surface area contributed by atoms with Gasteiger partial charge < -0.3 is 10.1 Å². The predicted molar refractivity (Wildman–Crippen MR) is 88.6 cm³/mol. The molecular formula is C16H21Cl2NO3. The molecule has 4 nitrogen and oxygen atoms in total. The van der Waals surface area contributed by atoms with E-state index in [0.717, 1.165) is 5.56 Å². The van der Waals surface area contributed by atoms with Gasteiger partial charge in [0.2, 0.25) is 0 Å². The molecule has 1 aromatic rings. The monoisotopic (exact) mass is 345 g/mol. The summed E-state index contributed by atoms with van der Waals surface area (Å²) < 4.78 is 5.12. The summed E-state index contributed by atoms with van der Waals surface area (Å²) in [5, 5.41) is 3.48. The molecular weight excluding hydrogens is 325 g/mol. The van der Waals surface area contributed by atoms with Crippen molar-refractivity contribution in [1.29, 1.82) is 0 Å². The predicted octanol–water partition coefficient (Wildman–Crippen LogP) is 4.41. The van der Waals surface area contributed by atoms with E-state index in [1.165, 1.54) is 0 Å². The second kappa shape index (κ2) is 7.84. The summed E-state index contributed by atoms with van der Waals surface area (Å²) in [6.07, 6.45) is 0.244. The topological polar surface area (TPSA) is 55.4 Å². The van der Waals surface area contributed by atoms with Crippen molar-refractivity contribution < 1.29 is 14.3 Å². The van der Waals surface area contributed by atoms with Gasteiger partial charge in [-0.1, -0.05) is 29.3 Å². The molecule has 0 bridgehead atoms. The van der Waals surface area contributed by atoms with Crippen LogP contribution < -0.4 is 5.32 Å². The summed E-state index contributed by atoms with van der Waals surface area (Å²) >= 11 is 11.8. The van der Waals surface area contributed by atoms with Crippen LogP contribution in [0.1, 0.15) is 39.7 Å². The average molecular weight is 346 g/mol. The Balaban J connectivity index is 2.47. The number of benzene rings is 1. The minimum absolute atomic E-state index is 0.0723. The number of alkyl carbamates (subject to hydrolysis) is 1. The third-order valence-electron chi connectivity index (χ3n) is 2.86. The summed E-state index contributed by atoms with van der Waals surface area (Å²) in [6.45, 7) is 6.94. The van der Waals surface area contributed by atoms with E-state index in [4.69, 9.17) is 27.9 Å². The molecule has 0 heterocycles. The first-order valence-electron chi connectivity index (χ1n) is 7.04. The number of Topliss-reactive ketones (excluding diaryl/α,β-unsaturated/α-hetero) is 1. The molecule has 0 fully saturated rings. The van der Waals surface area contributed by atoms with Crippen molar-refractivity contribution in [3.63, 3.8) is 0 Å². The summed E-state index contributed by atoms with van der Waals surface area (Å²) in [5.41, 5.74) is 0.333. The highest BCUT2D eigenvalue weighted by molar-refractivity contribution is 6.42. The van der Waals surface area contributed by atoms with E-state index in [1.54, 1.807) is 39.8 Å². The molecule has 1 atom stereocenters. The number of halogens is 2. The van der Waals surface area contributed by atoms with Crippen LogP contribution in [0.4, 0.5) is 4.79 Å². The number of ketones is 1. The summed E-state index contributed by atoms with van der Waals surface area (Å²) in [6, 6.07) is 4.67. The highest BCUT2D eigenvalue weighted by Gasteiger charge is 2.20. The van der Waals surface area contributed by atoms with Gasteiger partial charge >= 0.3 is 6.09 Å². The molecule has 6 heteroatoms. The van der Waals surface area contributed by atoms with E-state index in [1.807, 2.05) is 6.07 Å². The van der Waals surface area contributed by atoms with Crippen LogP contribution in [0, 0.1) is 0 Å². The second-order valence-electron chi connectivity index (χ2n) is 6.08. The standard InChI is InChI=1S/C16H21Cl2NO3/c1-10(19-15(21)22-16(2,3)4)14(20)8-6-11-5-7-12(17)13(18)9-11/h5,7,9-10H,6,8H2,1-4H3,(H,19,21). The van der Waals surface area contributed by atoms with Crippen LogP contribution in [0.15, 0.2) is 18.2 Å². The number of amides is 1. The fourth-order valence-electron chi connectivity index (χ4n) is 1.74. The number of rotatable bonds is 5. The van der Waals surface area contributed by atoms with Crippen molar-refractivity contribution in [2.24, 2.45) is 0 Å². The minimum atomic E-state index is -0.599. The van der Waals surface area contributed by atoms with Crippen molar-refractivity contribution in [3.05, 3.63) is 33.8 Å². The smallest absolute Gasteiger partial charge is 0.408 e. The van der Waals surface area contributed by atoms with Crippen molar-refractivity contribution in [1.82, 2.24) is 5.32 Å². The highest BCUT2D eigenvalue weighted by Crippen LogP contribution is 2.23. The maximum atomic E-state index is 12.0. The zero-order valence-corrected chi connectivity index (χ0v) is 14.7. The lowest BCUT2D eigenvalue weighted by Gasteiger charge is -2.21. The van der Waals surface area contributed by atoms with E-state index in [2.05, 4.69) is 5.32 Å². The first-order chi connectivity index (χ1) is 10.1. The Morgan fingerprint density at radius 3 is 2.41 bits per heavy atom. The lowest BCUT2D eigenvalue weighted by atomic mass is 10.0. The number of nitrogens with one attached hydrogen (secondary N) is 1. The number of aryl methyl sites for hydroxylation is 1. The lowest BCUT2D eigenvalue weighted by Crippen LogP contribution is -2.41. The largest absolute Gasteiger partial charge is 0.444 e. The Morgan fingerprint density at radius 1 is 1.23 bits per heavy atom. The average Bonchev–Trinajstić information content (AvgIpc) is 2.37. The van der Waals surface area contributed by atoms with Gasteiger partial charge in [0, 0.05) is 6.42 Å². The van der Waals surface area contributed by atoms with Gasteiger partial charge in [-0.3, -0.25) is 4.79 Å².